The zero-order valence-corrected chi connectivity index (χ0v) is 12.2. The Hall–Kier alpha value is -1.53. The largest absolute Gasteiger partial charge is 0.496 e. The van der Waals surface area contributed by atoms with Gasteiger partial charge in [-0.3, -0.25) is 0 Å². The van der Waals surface area contributed by atoms with E-state index in [-0.39, 0.29) is 11.5 Å². The fraction of sp³-hybridized carbons (Fsp3) is 0.562. The van der Waals surface area contributed by atoms with Gasteiger partial charge in [0.1, 0.15) is 5.75 Å². The quantitative estimate of drug-likeness (QED) is 0.880. The highest BCUT2D eigenvalue weighted by atomic mass is 16.5. The van der Waals surface area contributed by atoms with Gasteiger partial charge in [0.15, 0.2) is 0 Å². The second-order valence-corrected chi connectivity index (χ2v) is 5.65. The van der Waals surface area contributed by atoms with E-state index in [1.807, 2.05) is 13.1 Å². The molecule has 1 N–H and O–H groups in total. The monoisotopic (exact) mass is 258 g/mol. The third-order valence-electron chi connectivity index (χ3n) is 4.08. The standard InChI is InChI=1S/C16H22N2O/c1-11(2)12-5-6-14(19-4)13(9-12)15(18-3)16(10-17)7-8-16/h5-6,9,11,15,18H,7-8H2,1-4H3. The molecule has 1 atom stereocenters. The first kappa shape index (κ1) is 13.9. The van der Waals surface area contributed by atoms with Crippen molar-refractivity contribution >= 4 is 0 Å². The van der Waals surface area contributed by atoms with Crippen LogP contribution in [0.25, 0.3) is 0 Å². The molecule has 0 radical (unpaired) electrons. The van der Waals surface area contributed by atoms with E-state index in [4.69, 9.17) is 4.74 Å². The van der Waals surface area contributed by atoms with Crippen LogP contribution in [0.5, 0.6) is 5.75 Å². The summed E-state index contributed by atoms with van der Waals surface area (Å²) >= 11 is 0. The van der Waals surface area contributed by atoms with Crippen LogP contribution >= 0.6 is 0 Å². The van der Waals surface area contributed by atoms with Gasteiger partial charge < -0.3 is 10.1 Å². The van der Waals surface area contributed by atoms with Gasteiger partial charge in [-0.25, -0.2) is 0 Å². The van der Waals surface area contributed by atoms with E-state index in [1.54, 1.807) is 7.11 Å². The molecule has 1 fully saturated rings. The SMILES string of the molecule is CNC(c1cc(C(C)C)ccc1OC)C1(C#N)CC1. The number of nitriles is 1. The minimum absolute atomic E-state index is 0.0474. The molecule has 0 bridgehead atoms. The van der Waals surface area contributed by atoms with Crippen molar-refractivity contribution in [2.45, 2.75) is 38.6 Å². The van der Waals surface area contributed by atoms with Crippen molar-refractivity contribution in [1.29, 1.82) is 5.26 Å². The van der Waals surface area contributed by atoms with E-state index >= 15 is 0 Å². The third kappa shape index (κ3) is 2.46. The van der Waals surface area contributed by atoms with Crippen LogP contribution in [0.3, 0.4) is 0 Å². The Labute approximate surface area is 115 Å². The van der Waals surface area contributed by atoms with Gasteiger partial charge >= 0.3 is 0 Å². The Morgan fingerprint density at radius 3 is 2.47 bits per heavy atom. The number of hydrogen-bond acceptors (Lipinski definition) is 3. The van der Waals surface area contributed by atoms with Crippen LogP contribution < -0.4 is 10.1 Å². The molecule has 1 aromatic carbocycles. The second-order valence-electron chi connectivity index (χ2n) is 5.65. The highest BCUT2D eigenvalue weighted by Gasteiger charge is 2.51. The van der Waals surface area contributed by atoms with Crippen LogP contribution in [0.4, 0.5) is 0 Å². The van der Waals surface area contributed by atoms with E-state index in [0.29, 0.717) is 5.92 Å². The minimum Gasteiger partial charge on any atom is -0.496 e. The van der Waals surface area contributed by atoms with Gasteiger partial charge in [-0.05, 0) is 37.4 Å². The fourth-order valence-electron chi connectivity index (χ4n) is 2.67. The van der Waals surface area contributed by atoms with E-state index < -0.39 is 0 Å². The molecule has 3 heteroatoms. The number of ether oxygens (including phenoxy) is 1. The van der Waals surface area contributed by atoms with Crippen LogP contribution in [0.15, 0.2) is 18.2 Å². The van der Waals surface area contributed by atoms with E-state index in [1.165, 1.54) is 5.56 Å². The van der Waals surface area contributed by atoms with Crippen molar-refractivity contribution in [3.8, 4) is 11.8 Å². The molecule has 3 nitrogen and oxygen atoms in total. The zero-order valence-electron chi connectivity index (χ0n) is 12.2. The third-order valence-corrected chi connectivity index (χ3v) is 4.08. The Kier molecular flexibility index (Phi) is 3.82. The highest BCUT2D eigenvalue weighted by molar-refractivity contribution is 5.43. The second kappa shape index (κ2) is 5.22. The molecule has 0 aromatic heterocycles. The summed E-state index contributed by atoms with van der Waals surface area (Å²) in [6, 6.07) is 8.83. The lowest BCUT2D eigenvalue weighted by Crippen LogP contribution is -2.26. The number of benzene rings is 1. The van der Waals surface area contributed by atoms with Crippen LogP contribution in [0, 0.1) is 16.7 Å². The van der Waals surface area contributed by atoms with Gasteiger partial charge in [0.2, 0.25) is 0 Å². The predicted octanol–water partition coefficient (Wildman–Crippen LogP) is 3.38. The fourth-order valence-corrected chi connectivity index (χ4v) is 2.67. The summed E-state index contributed by atoms with van der Waals surface area (Å²) in [7, 11) is 3.61. The number of nitrogens with one attached hydrogen (secondary N) is 1. The summed E-state index contributed by atoms with van der Waals surface area (Å²) in [5.41, 5.74) is 2.14. The summed E-state index contributed by atoms with van der Waals surface area (Å²) in [5.74, 6) is 1.34. The van der Waals surface area contributed by atoms with Gasteiger partial charge in [-0.1, -0.05) is 26.0 Å². The maximum Gasteiger partial charge on any atom is 0.123 e. The molecule has 2 rings (SSSR count). The molecule has 0 amide bonds. The first-order valence-corrected chi connectivity index (χ1v) is 6.84. The van der Waals surface area contributed by atoms with Gasteiger partial charge in [-0.15, -0.1) is 0 Å². The molecule has 1 saturated carbocycles. The topological polar surface area (TPSA) is 45.0 Å². The molecule has 0 heterocycles. The lowest BCUT2D eigenvalue weighted by Gasteiger charge is -2.24. The maximum absolute atomic E-state index is 9.43. The Morgan fingerprint density at radius 1 is 1.37 bits per heavy atom. The lowest BCUT2D eigenvalue weighted by molar-refractivity contribution is 0.380. The van der Waals surface area contributed by atoms with Crippen LogP contribution in [-0.2, 0) is 0 Å². The van der Waals surface area contributed by atoms with Crippen molar-refractivity contribution in [1.82, 2.24) is 5.32 Å². The lowest BCUT2D eigenvalue weighted by atomic mass is 9.88. The molecule has 0 aliphatic heterocycles. The maximum atomic E-state index is 9.43. The van der Waals surface area contributed by atoms with Crippen molar-refractivity contribution in [3.63, 3.8) is 0 Å². The van der Waals surface area contributed by atoms with Crippen molar-refractivity contribution in [3.05, 3.63) is 29.3 Å². The van der Waals surface area contributed by atoms with E-state index in [2.05, 4.69) is 37.4 Å². The van der Waals surface area contributed by atoms with Gasteiger partial charge in [-0.2, -0.15) is 5.26 Å². The van der Waals surface area contributed by atoms with Crippen LogP contribution in [-0.4, -0.2) is 14.2 Å². The molecule has 1 aliphatic rings. The van der Waals surface area contributed by atoms with E-state index in [9.17, 15) is 5.26 Å². The predicted molar refractivity (Wildman–Crippen MR) is 76.2 cm³/mol. The van der Waals surface area contributed by atoms with Crippen LogP contribution in [0.1, 0.15) is 49.8 Å². The minimum atomic E-state index is -0.252. The van der Waals surface area contributed by atoms with Gasteiger partial charge in [0, 0.05) is 5.56 Å². The van der Waals surface area contributed by atoms with E-state index in [0.717, 1.165) is 24.2 Å². The molecule has 19 heavy (non-hydrogen) atoms. The van der Waals surface area contributed by atoms with Gasteiger partial charge in [0.25, 0.3) is 0 Å². The number of rotatable bonds is 5. The molecular weight excluding hydrogens is 236 g/mol. The number of methoxy groups -OCH3 is 1. The summed E-state index contributed by atoms with van der Waals surface area (Å²) < 4.78 is 5.48. The molecular formula is C16H22N2O. The summed E-state index contributed by atoms with van der Waals surface area (Å²) in [6.07, 6.45) is 1.92. The zero-order chi connectivity index (χ0) is 14.0. The van der Waals surface area contributed by atoms with Crippen LogP contribution in [0.2, 0.25) is 0 Å². The average Bonchev–Trinajstić information content (AvgIpc) is 3.20. The molecule has 1 unspecified atom stereocenters. The first-order chi connectivity index (χ1) is 9.07. The highest BCUT2D eigenvalue weighted by Crippen LogP contribution is 2.55. The Bertz CT molecular complexity index is 498. The molecule has 1 aromatic rings. The van der Waals surface area contributed by atoms with Gasteiger partial charge in [0.05, 0.1) is 24.6 Å². The Balaban J connectivity index is 2.46. The summed E-state index contributed by atoms with van der Waals surface area (Å²) in [5, 5.41) is 12.7. The number of nitrogens with zero attached hydrogens (tertiary/aromatic N) is 1. The molecule has 0 saturated heterocycles. The average molecular weight is 258 g/mol. The first-order valence-electron chi connectivity index (χ1n) is 6.84. The van der Waals surface area contributed by atoms with Crippen molar-refractivity contribution in [2.75, 3.05) is 14.2 Å². The van der Waals surface area contributed by atoms with Crippen molar-refractivity contribution in [2.24, 2.45) is 5.41 Å². The molecule has 1 aliphatic carbocycles. The molecule has 102 valence electrons. The molecule has 0 spiro atoms. The number of hydrogen-bond donors (Lipinski definition) is 1. The summed E-state index contributed by atoms with van der Waals surface area (Å²) in [4.78, 5) is 0. The normalized spacial score (nSPS) is 17.9. The summed E-state index contributed by atoms with van der Waals surface area (Å²) in [6.45, 7) is 4.36. The Morgan fingerprint density at radius 2 is 2.05 bits per heavy atom. The van der Waals surface area contributed by atoms with Crippen molar-refractivity contribution < 1.29 is 4.74 Å². The smallest absolute Gasteiger partial charge is 0.123 e.